The molecule has 1 fully saturated rings. The van der Waals surface area contributed by atoms with Crippen LogP contribution in [-0.2, 0) is 21.3 Å². The number of pyridine rings is 2. The number of imidazole rings is 1. The van der Waals surface area contributed by atoms with Gasteiger partial charge in [0.1, 0.15) is 22.9 Å². The number of hydrogen-bond acceptors (Lipinski definition) is 7. The molecule has 28 heavy (non-hydrogen) atoms. The highest BCUT2D eigenvalue weighted by Crippen LogP contribution is 2.18. The van der Waals surface area contributed by atoms with E-state index in [1.165, 1.54) is 10.5 Å². The number of morpholine rings is 1. The van der Waals surface area contributed by atoms with Crippen LogP contribution >= 0.6 is 0 Å². The second kappa shape index (κ2) is 8.05. The third-order valence-electron chi connectivity index (χ3n) is 4.40. The summed E-state index contributed by atoms with van der Waals surface area (Å²) >= 11 is 0. The van der Waals surface area contributed by atoms with Crippen LogP contribution in [-0.4, -0.2) is 58.5 Å². The molecule has 1 N–H and O–H groups in total. The van der Waals surface area contributed by atoms with Crippen LogP contribution in [0.15, 0.2) is 60.3 Å². The van der Waals surface area contributed by atoms with Gasteiger partial charge in [-0.15, -0.1) is 0 Å². The molecule has 4 heterocycles. The van der Waals surface area contributed by atoms with Crippen LogP contribution in [0.4, 0.5) is 5.82 Å². The first-order valence-corrected chi connectivity index (χ1v) is 10.3. The molecular formula is C18H20N6O3S. The molecule has 0 saturated carbocycles. The van der Waals surface area contributed by atoms with Crippen molar-refractivity contribution in [3.05, 3.63) is 60.9 Å². The van der Waals surface area contributed by atoms with E-state index in [1.54, 1.807) is 30.9 Å². The van der Waals surface area contributed by atoms with Crippen molar-refractivity contribution in [1.82, 2.24) is 23.8 Å². The first-order chi connectivity index (χ1) is 13.6. The molecule has 9 nitrogen and oxygen atoms in total. The Hall–Kier alpha value is -2.82. The van der Waals surface area contributed by atoms with Crippen molar-refractivity contribution in [2.45, 2.75) is 11.4 Å². The van der Waals surface area contributed by atoms with Gasteiger partial charge in [0.2, 0.25) is 10.0 Å². The minimum absolute atomic E-state index is 0.186. The maximum Gasteiger partial charge on any atom is 0.244 e. The van der Waals surface area contributed by atoms with Gasteiger partial charge in [0, 0.05) is 44.4 Å². The summed E-state index contributed by atoms with van der Waals surface area (Å²) in [5.74, 6) is 1.39. The standard InChI is InChI=1S/C18H20N6O3S/c25-28(26,24-7-9-27-10-8-24)16-2-3-17(21-13-16)20-11-15-1-4-18(22-12-15)23-6-5-19-14-23/h1-6,12-14H,7-11H2,(H,20,21). The van der Waals surface area contributed by atoms with Crippen LogP contribution in [0.2, 0.25) is 0 Å². The molecule has 146 valence electrons. The van der Waals surface area contributed by atoms with Gasteiger partial charge < -0.3 is 10.1 Å². The third-order valence-corrected chi connectivity index (χ3v) is 6.28. The summed E-state index contributed by atoms with van der Waals surface area (Å²) in [4.78, 5) is 12.8. The molecular weight excluding hydrogens is 380 g/mol. The highest BCUT2D eigenvalue weighted by Gasteiger charge is 2.26. The summed E-state index contributed by atoms with van der Waals surface area (Å²) in [5, 5.41) is 3.17. The van der Waals surface area contributed by atoms with Crippen LogP contribution in [0.25, 0.3) is 5.82 Å². The van der Waals surface area contributed by atoms with Gasteiger partial charge in [-0.2, -0.15) is 4.31 Å². The molecule has 0 spiro atoms. The van der Waals surface area contributed by atoms with Crippen LogP contribution in [0.3, 0.4) is 0 Å². The van der Waals surface area contributed by atoms with Gasteiger partial charge in [0.05, 0.1) is 13.2 Å². The smallest absolute Gasteiger partial charge is 0.244 e. The Morgan fingerprint density at radius 3 is 2.57 bits per heavy atom. The molecule has 0 amide bonds. The molecule has 1 saturated heterocycles. The molecule has 0 unspecified atom stereocenters. The van der Waals surface area contributed by atoms with Gasteiger partial charge in [0.25, 0.3) is 0 Å². The van der Waals surface area contributed by atoms with Crippen LogP contribution in [0.5, 0.6) is 0 Å². The lowest BCUT2D eigenvalue weighted by Gasteiger charge is -2.25. The van der Waals surface area contributed by atoms with E-state index in [0.717, 1.165) is 11.4 Å². The Morgan fingerprint density at radius 1 is 1.07 bits per heavy atom. The Bertz CT molecular complexity index is 998. The zero-order chi connectivity index (χ0) is 19.4. The second-order valence-corrected chi connectivity index (χ2v) is 8.18. The molecule has 1 aliphatic rings. The first-order valence-electron chi connectivity index (χ1n) is 8.84. The number of anilines is 1. The Morgan fingerprint density at radius 2 is 1.93 bits per heavy atom. The van der Waals surface area contributed by atoms with Crippen molar-refractivity contribution < 1.29 is 13.2 Å². The molecule has 1 aliphatic heterocycles. The highest BCUT2D eigenvalue weighted by atomic mass is 32.2. The van der Waals surface area contributed by atoms with E-state index in [-0.39, 0.29) is 4.90 Å². The average molecular weight is 400 g/mol. The molecule has 0 aromatic carbocycles. The molecule has 4 rings (SSSR count). The fourth-order valence-electron chi connectivity index (χ4n) is 2.83. The molecule has 0 atom stereocenters. The van der Waals surface area contributed by atoms with Gasteiger partial charge >= 0.3 is 0 Å². The lowest BCUT2D eigenvalue weighted by atomic mass is 10.3. The number of aromatic nitrogens is 4. The van der Waals surface area contributed by atoms with Crippen LogP contribution in [0, 0.1) is 0 Å². The maximum absolute atomic E-state index is 12.6. The van der Waals surface area contributed by atoms with Gasteiger partial charge in [-0.1, -0.05) is 6.07 Å². The number of sulfonamides is 1. The molecule has 0 aliphatic carbocycles. The zero-order valence-corrected chi connectivity index (χ0v) is 15.9. The van der Waals surface area contributed by atoms with Crippen molar-refractivity contribution >= 4 is 15.8 Å². The van der Waals surface area contributed by atoms with Crippen molar-refractivity contribution in [2.24, 2.45) is 0 Å². The monoisotopic (exact) mass is 400 g/mol. The summed E-state index contributed by atoms with van der Waals surface area (Å²) in [7, 11) is -3.53. The van der Waals surface area contributed by atoms with E-state index in [0.29, 0.717) is 38.7 Å². The predicted molar refractivity (Wildman–Crippen MR) is 103 cm³/mol. The third kappa shape index (κ3) is 4.03. The van der Waals surface area contributed by atoms with Crippen molar-refractivity contribution in [3.63, 3.8) is 0 Å². The van der Waals surface area contributed by atoms with Gasteiger partial charge in [-0.05, 0) is 23.8 Å². The summed E-state index contributed by atoms with van der Waals surface area (Å²) in [6.45, 7) is 2.09. The van der Waals surface area contributed by atoms with Gasteiger partial charge in [-0.3, -0.25) is 4.57 Å². The molecule has 10 heteroatoms. The fourth-order valence-corrected chi connectivity index (χ4v) is 4.19. The quantitative estimate of drug-likeness (QED) is 0.665. The van der Waals surface area contributed by atoms with Crippen LogP contribution < -0.4 is 5.32 Å². The molecule has 0 radical (unpaired) electrons. The van der Waals surface area contributed by atoms with Crippen LogP contribution in [0.1, 0.15) is 5.56 Å². The van der Waals surface area contributed by atoms with E-state index < -0.39 is 10.0 Å². The lowest BCUT2D eigenvalue weighted by Crippen LogP contribution is -2.40. The molecule has 3 aromatic heterocycles. The van der Waals surface area contributed by atoms with Gasteiger partial charge in [0.15, 0.2) is 0 Å². The second-order valence-electron chi connectivity index (χ2n) is 6.24. The summed E-state index contributed by atoms with van der Waals surface area (Å²) in [6, 6.07) is 7.11. The Kier molecular flexibility index (Phi) is 5.33. The minimum Gasteiger partial charge on any atom is -0.379 e. The number of nitrogens with one attached hydrogen (secondary N) is 1. The van der Waals surface area contributed by atoms with Crippen molar-refractivity contribution in [1.29, 1.82) is 0 Å². The Labute approximate surface area is 163 Å². The minimum atomic E-state index is -3.53. The Balaban J connectivity index is 1.38. The molecule has 0 bridgehead atoms. The van der Waals surface area contributed by atoms with E-state index in [9.17, 15) is 8.42 Å². The van der Waals surface area contributed by atoms with Crippen molar-refractivity contribution in [2.75, 3.05) is 31.6 Å². The summed E-state index contributed by atoms with van der Waals surface area (Å²) in [6.07, 6.45) is 8.38. The SMILES string of the molecule is O=S(=O)(c1ccc(NCc2ccc(-n3ccnc3)nc2)nc1)N1CCOCC1. The average Bonchev–Trinajstić information content (AvgIpc) is 3.28. The number of rotatable bonds is 6. The summed E-state index contributed by atoms with van der Waals surface area (Å²) in [5.41, 5.74) is 0.982. The van der Waals surface area contributed by atoms with Crippen molar-refractivity contribution in [3.8, 4) is 5.82 Å². The first kappa shape index (κ1) is 18.5. The number of ether oxygens (including phenoxy) is 1. The normalized spacial score (nSPS) is 15.4. The predicted octanol–water partition coefficient (Wildman–Crippen LogP) is 1.30. The summed E-state index contributed by atoms with van der Waals surface area (Å²) < 4.78 is 33.7. The highest BCUT2D eigenvalue weighted by molar-refractivity contribution is 7.89. The van der Waals surface area contributed by atoms with E-state index in [4.69, 9.17) is 4.74 Å². The largest absolute Gasteiger partial charge is 0.379 e. The lowest BCUT2D eigenvalue weighted by molar-refractivity contribution is 0.0730. The van der Waals surface area contributed by atoms with E-state index in [2.05, 4.69) is 20.3 Å². The van der Waals surface area contributed by atoms with E-state index >= 15 is 0 Å². The zero-order valence-electron chi connectivity index (χ0n) is 15.1. The maximum atomic E-state index is 12.6. The molecule has 3 aromatic rings. The topological polar surface area (TPSA) is 102 Å². The fraction of sp³-hybridized carbons (Fsp3) is 0.278. The van der Waals surface area contributed by atoms with E-state index in [1.807, 2.05) is 22.9 Å². The number of hydrogen-bond donors (Lipinski definition) is 1. The number of nitrogens with zero attached hydrogens (tertiary/aromatic N) is 5. The van der Waals surface area contributed by atoms with Gasteiger partial charge in [-0.25, -0.2) is 23.4 Å².